The van der Waals surface area contributed by atoms with Crippen LogP contribution >= 0.6 is 0 Å². The highest BCUT2D eigenvalue weighted by Crippen LogP contribution is 2.66. The van der Waals surface area contributed by atoms with Gasteiger partial charge in [0.1, 0.15) is 11.5 Å². The zero-order valence-electron chi connectivity index (χ0n) is 17.6. The third-order valence-electron chi connectivity index (χ3n) is 8.27. The first-order chi connectivity index (χ1) is 13.2. The van der Waals surface area contributed by atoms with Crippen molar-refractivity contribution in [2.75, 3.05) is 0 Å². The SMILES string of the molecule is Cc1cc(C23CC4CC(C2)CC(c2cc(C)c(O)c(C)c2)(C4)C3)cc(C)c1O. The van der Waals surface area contributed by atoms with Crippen LogP contribution < -0.4 is 0 Å². The Labute approximate surface area is 168 Å². The first-order valence-electron chi connectivity index (χ1n) is 10.8. The number of rotatable bonds is 2. The molecule has 2 aromatic carbocycles. The highest BCUT2D eigenvalue weighted by molar-refractivity contribution is 5.49. The minimum atomic E-state index is 0.243. The molecule has 0 spiro atoms. The van der Waals surface area contributed by atoms with E-state index in [1.807, 2.05) is 27.7 Å². The Morgan fingerprint density at radius 1 is 0.643 bits per heavy atom. The van der Waals surface area contributed by atoms with Gasteiger partial charge in [-0.1, -0.05) is 24.3 Å². The summed E-state index contributed by atoms with van der Waals surface area (Å²) in [4.78, 5) is 0. The summed E-state index contributed by atoms with van der Waals surface area (Å²) in [6.07, 6.45) is 7.78. The molecule has 2 heteroatoms. The number of phenols is 2. The fourth-order valence-electron chi connectivity index (χ4n) is 7.46. The Balaban J connectivity index is 1.64. The molecule has 0 aromatic heterocycles. The smallest absolute Gasteiger partial charge is 0.121 e. The average Bonchev–Trinajstić information content (AvgIpc) is 2.62. The Morgan fingerprint density at radius 3 is 1.29 bits per heavy atom. The average molecular weight is 377 g/mol. The Kier molecular flexibility index (Phi) is 3.73. The fourth-order valence-corrected chi connectivity index (χ4v) is 7.46. The van der Waals surface area contributed by atoms with Crippen molar-refractivity contribution in [2.24, 2.45) is 11.8 Å². The number of benzene rings is 2. The van der Waals surface area contributed by atoms with E-state index in [0.29, 0.717) is 11.5 Å². The molecule has 6 rings (SSSR count). The van der Waals surface area contributed by atoms with Crippen LogP contribution in [0.3, 0.4) is 0 Å². The van der Waals surface area contributed by atoms with Crippen LogP contribution in [0.5, 0.6) is 11.5 Å². The number of phenolic OH excluding ortho intramolecular Hbond substituents is 2. The Hall–Kier alpha value is -1.96. The van der Waals surface area contributed by atoms with Crippen molar-refractivity contribution >= 4 is 0 Å². The number of aryl methyl sites for hydroxylation is 4. The summed E-state index contributed by atoms with van der Waals surface area (Å²) in [5, 5.41) is 20.6. The first kappa shape index (κ1) is 18.1. The zero-order valence-corrected chi connectivity index (χ0v) is 17.6. The first-order valence-corrected chi connectivity index (χ1v) is 10.8. The maximum atomic E-state index is 10.3. The van der Waals surface area contributed by atoms with Gasteiger partial charge in [0, 0.05) is 0 Å². The maximum Gasteiger partial charge on any atom is 0.121 e. The van der Waals surface area contributed by atoms with E-state index in [-0.39, 0.29) is 10.8 Å². The van der Waals surface area contributed by atoms with Crippen LogP contribution in [0.4, 0.5) is 0 Å². The van der Waals surface area contributed by atoms with Gasteiger partial charge in [0.05, 0.1) is 0 Å². The normalized spacial score (nSPS) is 33.4. The van der Waals surface area contributed by atoms with Crippen LogP contribution in [-0.2, 0) is 10.8 Å². The minimum Gasteiger partial charge on any atom is -0.507 e. The van der Waals surface area contributed by atoms with Gasteiger partial charge in [-0.3, -0.25) is 0 Å². The van der Waals surface area contributed by atoms with E-state index in [4.69, 9.17) is 0 Å². The summed E-state index contributed by atoms with van der Waals surface area (Å²) in [5.41, 5.74) is 7.43. The third-order valence-corrected chi connectivity index (χ3v) is 8.27. The summed E-state index contributed by atoms with van der Waals surface area (Å²) >= 11 is 0. The van der Waals surface area contributed by atoms with Crippen LogP contribution in [-0.4, -0.2) is 10.2 Å². The molecule has 4 saturated carbocycles. The van der Waals surface area contributed by atoms with E-state index in [9.17, 15) is 10.2 Å². The molecule has 4 aliphatic carbocycles. The molecule has 148 valence electrons. The molecule has 4 bridgehead atoms. The standard InChI is InChI=1S/C26H32O2/c1-15-5-21(6-16(2)23(15)27)25-10-19-9-20(11-25)13-26(12-19,14-25)22-7-17(3)24(28)18(4)8-22/h5-8,19-20,27-28H,9-14H2,1-4H3. The van der Waals surface area contributed by atoms with Crippen molar-refractivity contribution in [1.29, 1.82) is 0 Å². The monoisotopic (exact) mass is 376 g/mol. The van der Waals surface area contributed by atoms with Crippen molar-refractivity contribution < 1.29 is 10.2 Å². The summed E-state index contributed by atoms with van der Waals surface area (Å²) in [7, 11) is 0. The van der Waals surface area contributed by atoms with E-state index in [2.05, 4.69) is 24.3 Å². The lowest BCUT2D eigenvalue weighted by Gasteiger charge is -2.63. The number of hydrogen-bond donors (Lipinski definition) is 2. The van der Waals surface area contributed by atoms with Crippen molar-refractivity contribution in [1.82, 2.24) is 0 Å². The molecule has 2 aromatic rings. The Bertz CT molecular complexity index is 835. The van der Waals surface area contributed by atoms with Gasteiger partial charge < -0.3 is 10.2 Å². The van der Waals surface area contributed by atoms with E-state index in [0.717, 1.165) is 34.1 Å². The van der Waals surface area contributed by atoms with Crippen molar-refractivity contribution in [2.45, 2.75) is 77.0 Å². The topological polar surface area (TPSA) is 40.5 Å². The molecule has 2 N–H and O–H groups in total. The minimum absolute atomic E-state index is 0.243. The summed E-state index contributed by atoms with van der Waals surface area (Å²) in [6, 6.07) is 9.04. The van der Waals surface area contributed by atoms with Gasteiger partial charge in [0.15, 0.2) is 0 Å². The predicted octanol–water partition coefficient (Wildman–Crippen LogP) is 6.12. The maximum absolute atomic E-state index is 10.3. The summed E-state index contributed by atoms with van der Waals surface area (Å²) in [5.74, 6) is 2.50. The lowest BCUT2D eigenvalue weighted by atomic mass is 9.41. The molecule has 0 heterocycles. The molecule has 0 amide bonds. The largest absolute Gasteiger partial charge is 0.507 e. The van der Waals surface area contributed by atoms with Gasteiger partial charge in [0.25, 0.3) is 0 Å². The summed E-state index contributed by atoms with van der Waals surface area (Å²) < 4.78 is 0. The molecule has 4 aliphatic rings. The second-order valence-electron chi connectivity index (χ2n) is 10.4. The van der Waals surface area contributed by atoms with E-state index in [1.165, 1.54) is 49.7 Å². The molecule has 0 atom stereocenters. The lowest BCUT2D eigenvalue weighted by Crippen LogP contribution is -2.56. The molecule has 0 radical (unpaired) electrons. The number of aromatic hydroxyl groups is 2. The van der Waals surface area contributed by atoms with E-state index < -0.39 is 0 Å². The molecule has 0 unspecified atom stereocenters. The molecule has 0 saturated heterocycles. The van der Waals surface area contributed by atoms with Gasteiger partial charge in [0.2, 0.25) is 0 Å². The predicted molar refractivity (Wildman–Crippen MR) is 113 cm³/mol. The van der Waals surface area contributed by atoms with Gasteiger partial charge in [-0.15, -0.1) is 0 Å². The van der Waals surface area contributed by atoms with Crippen LogP contribution in [0.1, 0.15) is 71.9 Å². The molecule has 2 nitrogen and oxygen atoms in total. The quantitative estimate of drug-likeness (QED) is 0.663. The highest BCUT2D eigenvalue weighted by Gasteiger charge is 2.58. The molecule has 4 fully saturated rings. The highest BCUT2D eigenvalue weighted by atomic mass is 16.3. The second-order valence-corrected chi connectivity index (χ2v) is 10.4. The molecular formula is C26H32O2. The molecule has 28 heavy (non-hydrogen) atoms. The van der Waals surface area contributed by atoms with Crippen LogP contribution in [0, 0.1) is 39.5 Å². The van der Waals surface area contributed by atoms with E-state index >= 15 is 0 Å². The third kappa shape index (κ3) is 2.46. The lowest BCUT2D eigenvalue weighted by molar-refractivity contribution is -0.0282. The van der Waals surface area contributed by atoms with Gasteiger partial charge in [-0.2, -0.15) is 0 Å². The van der Waals surface area contributed by atoms with E-state index in [1.54, 1.807) is 0 Å². The van der Waals surface area contributed by atoms with Crippen molar-refractivity contribution in [3.8, 4) is 11.5 Å². The fraction of sp³-hybridized carbons (Fsp3) is 0.538. The van der Waals surface area contributed by atoms with Crippen LogP contribution in [0.2, 0.25) is 0 Å². The second kappa shape index (κ2) is 5.78. The number of hydrogen-bond acceptors (Lipinski definition) is 2. The van der Waals surface area contributed by atoms with Crippen molar-refractivity contribution in [3.63, 3.8) is 0 Å². The van der Waals surface area contributed by atoms with Gasteiger partial charge >= 0.3 is 0 Å². The molecule has 0 aliphatic heterocycles. The zero-order chi connectivity index (χ0) is 19.8. The Morgan fingerprint density at radius 2 is 0.964 bits per heavy atom. The van der Waals surface area contributed by atoms with Crippen LogP contribution in [0.15, 0.2) is 24.3 Å². The van der Waals surface area contributed by atoms with Gasteiger partial charge in [-0.05, 0) is 122 Å². The molecular weight excluding hydrogens is 344 g/mol. The van der Waals surface area contributed by atoms with Gasteiger partial charge in [-0.25, -0.2) is 0 Å². The summed E-state index contributed by atoms with van der Waals surface area (Å²) in [6.45, 7) is 8.15. The van der Waals surface area contributed by atoms with Crippen molar-refractivity contribution in [3.05, 3.63) is 57.6 Å². The van der Waals surface area contributed by atoms with Crippen LogP contribution in [0.25, 0.3) is 0 Å².